The Labute approximate surface area is 85.5 Å². The van der Waals surface area contributed by atoms with Crippen molar-refractivity contribution >= 4 is 5.78 Å². The normalized spacial score (nSPS) is 10.8. The van der Waals surface area contributed by atoms with Gasteiger partial charge in [0.1, 0.15) is 0 Å². The Bertz CT molecular complexity index is 361. The van der Waals surface area contributed by atoms with Crippen molar-refractivity contribution in [3.8, 4) is 0 Å². The van der Waals surface area contributed by atoms with E-state index in [-0.39, 0.29) is 5.78 Å². The van der Waals surface area contributed by atoms with Crippen molar-refractivity contribution in [1.82, 2.24) is 0 Å². The van der Waals surface area contributed by atoms with Crippen molar-refractivity contribution in [1.29, 1.82) is 0 Å². The van der Waals surface area contributed by atoms with Gasteiger partial charge in [-0.2, -0.15) is 0 Å². The fourth-order valence-corrected chi connectivity index (χ4v) is 1.22. The van der Waals surface area contributed by atoms with Crippen LogP contribution in [0.3, 0.4) is 0 Å². The summed E-state index contributed by atoms with van der Waals surface area (Å²) in [5.41, 5.74) is 3.17. The number of hydrogen-bond acceptors (Lipinski definition) is 1. The Kier molecular flexibility index (Phi) is 3.63. The summed E-state index contributed by atoms with van der Waals surface area (Å²) in [7, 11) is 0. The highest BCUT2D eigenvalue weighted by Crippen LogP contribution is 2.10. The lowest BCUT2D eigenvalue weighted by molar-refractivity contribution is 0.104. The molecule has 1 aromatic carbocycles. The average Bonchev–Trinajstić information content (AvgIpc) is 2.18. The predicted molar refractivity (Wildman–Crippen MR) is 59.7 cm³/mol. The average molecular weight is 188 g/mol. The summed E-state index contributed by atoms with van der Waals surface area (Å²) in [6, 6.07) is 5.81. The van der Waals surface area contributed by atoms with Gasteiger partial charge in [-0.1, -0.05) is 25.1 Å². The molecule has 0 aliphatic rings. The van der Waals surface area contributed by atoms with Gasteiger partial charge in [0.15, 0.2) is 5.78 Å². The summed E-state index contributed by atoms with van der Waals surface area (Å²) >= 11 is 0. The largest absolute Gasteiger partial charge is 0.289 e. The van der Waals surface area contributed by atoms with E-state index in [9.17, 15) is 4.79 Å². The maximum absolute atomic E-state index is 11.6. The van der Waals surface area contributed by atoms with Crippen molar-refractivity contribution < 1.29 is 4.79 Å². The predicted octanol–water partition coefficient (Wildman–Crippen LogP) is 3.45. The first-order chi connectivity index (χ1) is 6.65. The van der Waals surface area contributed by atoms with E-state index in [2.05, 4.69) is 0 Å². The number of ketones is 1. The minimum absolute atomic E-state index is 0.0925. The van der Waals surface area contributed by atoms with E-state index >= 15 is 0 Å². The van der Waals surface area contributed by atoms with Gasteiger partial charge >= 0.3 is 0 Å². The summed E-state index contributed by atoms with van der Waals surface area (Å²) < 4.78 is 0. The molecule has 1 rings (SSSR count). The van der Waals surface area contributed by atoms with Gasteiger partial charge in [0.05, 0.1) is 0 Å². The lowest BCUT2D eigenvalue weighted by Crippen LogP contribution is -1.95. The van der Waals surface area contributed by atoms with Gasteiger partial charge in [0.25, 0.3) is 0 Å². The number of rotatable bonds is 3. The lowest BCUT2D eigenvalue weighted by atomic mass is 10.0. The maximum Gasteiger partial charge on any atom is 0.185 e. The summed E-state index contributed by atoms with van der Waals surface area (Å²) in [6.45, 7) is 6.09. The molecule has 0 fully saturated rings. The molecule has 74 valence electrons. The fraction of sp³-hybridized carbons (Fsp3) is 0.308. The minimum atomic E-state index is 0.0925. The minimum Gasteiger partial charge on any atom is -0.289 e. The molecule has 0 aliphatic heterocycles. The van der Waals surface area contributed by atoms with Gasteiger partial charge in [-0.15, -0.1) is 0 Å². The van der Waals surface area contributed by atoms with E-state index in [0.29, 0.717) is 0 Å². The molecular weight excluding hydrogens is 172 g/mol. The Balaban J connectivity index is 2.91. The second-order valence-electron chi connectivity index (χ2n) is 3.47. The maximum atomic E-state index is 11.6. The van der Waals surface area contributed by atoms with Crippen molar-refractivity contribution in [3.63, 3.8) is 0 Å². The zero-order chi connectivity index (χ0) is 10.6. The molecule has 0 atom stereocenters. The SMILES string of the molecule is CC/C=C/C(=O)c1ccc(C)c(C)c1. The summed E-state index contributed by atoms with van der Waals surface area (Å²) in [6.07, 6.45) is 4.43. The third-order valence-electron chi connectivity index (χ3n) is 2.30. The van der Waals surface area contributed by atoms with Gasteiger partial charge < -0.3 is 0 Å². The van der Waals surface area contributed by atoms with Gasteiger partial charge in [0, 0.05) is 5.56 Å². The monoisotopic (exact) mass is 188 g/mol. The molecule has 0 radical (unpaired) electrons. The van der Waals surface area contributed by atoms with Crippen LogP contribution in [0.2, 0.25) is 0 Å². The number of carbonyl (C=O) groups is 1. The topological polar surface area (TPSA) is 17.1 Å². The summed E-state index contributed by atoms with van der Waals surface area (Å²) in [4.78, 5) is 11.6. The molecule has 0 unspecified atom stereocenters. The van der Waals surface area contributed by atoms with E-state index in [1.165, 1.54) is 11.1 Å². The zero-order valence-corrected chi connectivity index (χ0v) is 9.00. The van der Waals surface area contributed by atoms with Crippen LogP contribution in [0.5, 0.6) is 0 Å². The standard InChI is InChI=1S/C13H16O/c1-4-5-6-13(14)12-8-7-10(2)11(3)9-12/h5-9H,4H2,1-3H3/b6-5+. The van der Waals surface area contributed by atoms with Crippen molar-refractivity contribution in [2.75, 3.05) is 0 Å². The van der Waals surface area contributed by atoms with Crippen LogP contribution in [0.15, 0.2) is 30.4 Å². The van der Waals surface area contributed by atoms with E-state index in [1.54, 1.807) is 6.08 Å². The van der Waals surface area contributed by atoms with Crippen LogP contribution in [-0.2, 0) is 0 Å². The quantitative estimate of drug-likeness (QED) is 0.524. The van der Waals surface area contributed by atoms with Crippen LogP contribution < -0.4 is 0 Å². The van der Waals surface area contributed by atoms with Gasteiger partial charge in [-0.05, 0) is 43.5 Å². The van der Waals surface area contributed by atoms with Gasteiger partial charge in [-0.25, -0.2) is 0 Å². The Hall–Kier alpha value is -1.37. The van der Waals surface area contributed by atoms with Crippen LogP contribution in [0.4, 0.5) is 0 Å². The first-order valence-corrected chi connectivity index (χ1v) is 4.93. The highest BCUT2D eigenvalue weighted by Gasteiger charge is 2.02. The molecule has 0 aromatic heterocycles. The molecule has 0 saturated heterocycles. The van der Waals surface area contributed by atoms with E-state index < -0.39 is 0 Å². The van der Waals surface area contributed by atoms with Crippen LogP contribution in [0.1, 0.15) is 34.8 Å². The first-order valence-electron chi connectivity index (χ1n) is 4.93. The highest BCUT2D eigenvalue weighted by molar-refractivity contribution is 6.04. The number of aryl methyl sites for hydroxylation is 2. The molecule has 0 amide bonds. The Morgan fingerprint density at radius 2 is 2.00 bits per heavy atom. The third-order valence-corrected chi connectivity index (χ3v) is 2.30. The number of benzene rings is 1. The van der Waals surface area contributed by atoms with Crippen LogP contribution in [-0.4, -0.2) is 5.78 Å². The van der Waals surface area contributed by atoms with Crippen LogP contribution >= 0.6 is 0 Å². The summed E-state index contributed by atoms with van der Waals surface area (Å²) in [5.74, 6) is 0.0925. The zero-order valence-electron chi connectivity index (χ0n) is 9.00. The van der Waals surface area contributed by atoms with E-state index in [1.807, 2.05) is 45.0 Å². The van der Waals surface area contributed by atoms with Crippen LogP contribution in [0, 0.1) is 13.8 Å². The molecule has 0 heterocycles. The highest BCUT2D eigenvalue weighted by atomic mass is 16.1. The van der Waals surface area contributed by atoms with Crippen molar-refractivity contribution in [2.45, 2.75) is 27.2 Å². The Morgan fingerprint density at radius 3 is 2.57 bits per heavy atom. The number of hydrogen-bond donors (Lipinski definition) is 0. The molecule has 14 heavy (non-hydrogen) atoms. The molecule has 0 bridgehead atoms. The molecule has 1 heteroatoms. The molecular formula is C13H16O. The smallest absolute Gasteiger partial charge is 0.185 e. The lowest BCUT2D eigenvalue weighted by Gasteiger charge is -2.01. The molecule has 1 aromatic rings. The number of carbonyl (C=O) groups excluding carboxylic acids is 1. The molecule has 0 spiro atoms. The Morgan fingerprint density at radius 1 is 1.29 bits per heavy atom. The van der Waals surface area contributed by atoms with Crippen molar-refractivity contribution in [2.24, 2.45) is 0 Å². The van der Waals surface area contributed by atoms with Gasteiger partial charge in [0.2, 0.25) is 0 Å². The fourth-order valence-electron chi connectivity index (χ4n) is 1.22. The first kappa shape index (κ1) is 10.7. The molecule has 1 nitrogen and oxygen atoms in total. The molecule has 0 N–H and O–H groups in total. The van der Waals surface area contributed by atoms with Crippen molar-refractivity contribution in [3.05, 3.63) is 47.0 Å². The molecule has 0 saturated carbocycles. The molecule has 0 aliphatic carbocycles. The van der Waals surface area contributed by atoms with E-state index in [4.69, 9.17) is 0 Å². The van der Waals surface area contributed by atoms with E-state index in [0.717, 1.165) is 12.0 Å². The second-order valence-corrected chi connectivity index (χ2v) is 3.47. The van der Waals surface area contributed by atoms with Gasteiger partial charge in [-0.3, -0.25) is 4.79 Å². The van der Waals surface area contributed by atoms with Crippen LogP contribution in [0.25, 0.3) is 0 Å². The third kappa shape index (κ3) is 2.56. The second kappa shape index (κ2) is 4.75. The summed E-state index contributed by atoms with van der Waals surface area (Å²) in [5, 5.41) is 0. The number of allylic oxidation sites excluding steroid dienone is 2.